The van der Waals surface area contributed by atoms with Gasteiger partial charge < -0.3 is 4.74 Å². The molecule has 1 unspecified atom stereocenters. The summed E-state index contributed by atoms with van der Waals surface area (Å²) in [6, 6.07) is 0. The van der Waals surface area contributed by atoms with Crippen molar-refractivity contribution in [3.8, 4) is 0 Å². The fourth-order valence-electron chi connectivity index (χ4n) is 1.98. The normalized spacial score (nSPS) is 12.4. The lowest BCUT2D eigenvalue weighted by Crippen LogP contribution is -2.17. The van der Waals surface area contributed by atoms with Crippen LogP contribution in [0.15, 0.2) is 0 Å². The molecule has 3 heteroatoms. The Balaban J connectivity index is 3.22. The van der Waals surface area contributed by atoms with Gasteiger partial charge in [-0.2, -0.15) is 0 Å². The first-order valence-electron chi connectivity index (χ1n) is 7.53. The van der Waals surface area contributed by atoms with Crippen molar-refractivity contribution in [1.29, 1.82) is 0 Å². The maximum absolute atomic E-state index is 11.3. The molecule has 0 fully saturated rings. The van der Waals surface area contributed by atoms with E-state index in [2.05, 4.69) is 22.9 Å². The van der Waals surface area contributed by atoms with Crippen molar-refractivity contribution in [1.82, 2.24) is 0 Å². The zero-order valence-electron chi connectivity index (χ0n) is 12.0. The number of hydrogen-bond donors (Lipinski definition) is 0. The molecule has 0 amide bonds. The average Bonchev–Trinajstić information content (AvgIpc) is 2.36. The van der Waals surface area contributed by atoms with E-state index in [4.69, 9.17) is 4.74 Å². The van der Waals surface area contributed by atoms with E-state index in [1.807, 2.05) is 6.92 Å². The van der Waals surface area contributed by atoms with E-state index in [0.29, 0.717) is 6.61 Å². The molecule has 0 aromatic rings. The molecule has 0 aliphatic heterocycles. The number of carbonyl (C=O) groups is 1. The van der Waals surface area contributed by atoms with Crippen LogP contribution >= 0.6 is 15.9 Å². The summed E-state index contributed by atoms with van der Waals surface area (Å²) < 4.78 is 4.95. The molecule has 0 aliphatic rings. The van der Waals surface area contributed by atoms with Crippen LogP contribution in [-0.4, -0.2) is 17.4 Å². The van der Waals surface area contributed by atoms with Crippen LogP contribution in [0.3, 0.4) is 0 Å². The SMILES string of the molecule is CCCCCCCCCCCC(Br)C(=O)OCC. The van der Waals surface area contributed by atoms with Gasteiger partial charge in [-0.25, -0.2) is 0 Å². The smallest absolute Gasteiger partial charge is 0.319 e. The topological polar surface area (TPSA) is 26.3 Å². The maximum Gasteiger partial charge on any atom is 0.319 e. The molecule has 0 saturated heterocycles. The van der Waals surface area contributed by atoms with Gasteiger partial charge in [0.25, 0.3) is 0 Å². The van der Waals surface area contributed by atoms with E-state index in [1.54, 1.807) is 0 Å². The minimum absolute atomic E-state index is 0.109. The molecule has 0 saturated carbocycles. The van der Waals surface area contributed by atoms with Gasteiger partial charge in [0.15, 0.2) is 0 Å². The average molecular weight is 321 g/mol. The quantitative estimate of drug-likeness (QED) is 0.279. The number of unbranched alkanes of at least 4 members (excludes halogenated alkanes) is 8. The molecule has 0 bridgehead atoms. The molecular formula is C15H29BrO2. The van der Waals surface area contributed by atoms with Crippen LogP contribution in [0.1, 0.15) is 78.1 Å². The highest BCUT2D eigenvalue weighted by atomic mass is 79.9. The minimum atomic E-state index is -0.114. The molecular weight excluding hydrogens is 292 g/mol. The molecule has 108 valence electrons. The number of alkyl halides is 1. The van der Waals surface area contributed by atoms with Crippen LogP contribution in [0.5, 0.6) is 0 Å². The van der Waals surface area contributed by atoms with Crippen LogP contribution in [0.2, 0.25) is 0 Å². The first-order valence-corrected chi connectivity index (χ1v) is 8.44. The third-order valence-electron chi connectivity index (χ3n) is 3.10. The predicted octanol–water partition coefficient (Wildman–Crippen LogP) is 5.23. The van der Waals surface area contributed by atoms with Crippen molar-refractivity contribution in [2.24, 2.45) is 0 Å². The Kier molecular flexibility index (Phi) is 13.3. The zero-order valence-corrected chi connectivity index (χ0v) is 13.6. The van der Waals surface area contributed by atoms with Gasteiger partial charge in [0.1, 0.15) is 4.83 Å². The van der Waals surface area contributed by atoms with Crippen molar-refractivity contribution >= 4 is 21.9 Å². The molecule has 0 N–H and O–H groups in total. The Hall–Kier alpha value is -0.0500. The largest absolute Gasteiger partial charge is 0.465 e. The van der Waals surface area contributed by atoms with E-state index < -0.39 is 0 Å². The van der Waals surface area contributed by atoms with Gasteiger partial charge in [0.2, 0.25) is 0 Å². The lowest BCUT2D eigenvalue weighted by molar-refractivity contribution is -0.142. The van der Waals surface area contributed by atoms with Gasteiger partial charge >= 0.3 is 5.97 Å². The van der Waals surface area contributed by atoms with Crippen molar-refractivity contribution < 1.29 is 9.53 Å². The first kappa shape index (κ1) is 17.9. The lowest BCUT2D eigenvalue weighted by Gasteiger charge is -2.08. The molecule has 2 nitrogen and oxygen atoms in total. The molecule has 0 spiro atoms. The summed E-state index contributed by atoms with van der Waals surface area (Å²) in [5, 5.41) is 0. The van der Waals surface area contributed by atoms with E-state index >= 15 is 0 Å². The fourth-order valence-corrected chi connectivity index (χ4v) is 2.44. The summed E-state index contributed by atoms with van der Waals surface area (Å²) >= 11 is 3.38. The summed E-state index contributed by atoms with van der Waals surface area (Å²) in [7, 11) is 0. The Labute approximate surface area is 121 Å². The van der Waals surface area contributed by atoms with Crippen LogP contribution in [0, 0.1) is 0 Å². The molecule has 1 atom stereocenters. The highest BCUT2D eigenvalue weighted by Gasteiger charge is 2.14. The van der Waals surface area contributed by atoms with Gasteiger partial charge in [-0.05, 0) is 13.3 Å². The standard InChI is InChI=1S/C15H29BrO2/c1-3-5-6-7-8-9-10-11-12-13-14(16)15(17)18-4-2/h14H,3-13H2,1-2H3. The van der Waals surface area contributed by atoms with Crippen LogP contribution in [0.4, 0.5) is 0 Å². The number of halogens is 1. The van der Waals surface area contributed by atoms with Gasteiger partial charge in [0.05, 0.1) is 6.61 Å². The second kappa shape index (κ2) is 13.4. The van der Waals surface area contributed by atoms with E-state index in [-0.39, 0.29) is 10.8 Å². The Bertz CT molecular complexity index is 195. The van der Waals surface area contributed by atoms with Crippen LogP contribution in [-0.2, 0) is 9.53 Å². The summed E-state index contributed by atoms with van der Waals surface area (Å²) in [6.07, 6.45) is 12.7. The van der Waals surface area contributed by atoms with Crippen molar-refractivity contribution in [3.63, 3.8) is 0 Å². The summed E-state index contributed by atoms with van der Waals surface area (Å²) in [4.78, 5) is 11.2. The monoisotopic (exact) mass is 320 g/mol. The van der Waals surface area contributed by atoms with Gasteiger partial charge in [0, 0.05) is 0 Å². The minimum Gasteiger partial charge on any atom is -0.465 e. The first-order chi connectivity index (χ1) is 8.72. The molecule has 0 radical (unpaired) electrons. The van der Waals surface area contributed by atoms with Gasteiger partial charge in [-0.3, -0.25) is 4.79 Å². The number of ether oxygens (including phenoxy) is 1. The lowest BCUT2D eigenvalue weighted by atomic mass is 10.1. The predicted molar refractivity (Wildman–Crippen MR) is 81.2 cm³/mol. The van der Waals surface area contributed by atoms with E-state index in [0.717, 1.165) is 12.8 Å². The Morgan fingerprint density at radius 3 is 1.94 bits per heavy atom. The molecule has 18 heavy (non-hydrogen) atoms. The van der Waals surface area contributed by atoms with Crippen molar-refractivity contribution in [3.05, 3.63) is 0 Å². The second-order valence-corrected chi connectivity index (χ2v) is 5.94. The molecule has 0 heterocycles. The number of rotatable bonds is 12. The highest BCUT2D eigenvalue weighted by molar-refractivity contribution is 9.10. The molecule has 0 aromatic heterocycles. The fraction of sp³-hybridized carbons (Fsp3) is 0.933. The zero-order chi connectivity index (χ0) is 13.6. The molecule has 0 rings (SSSR count). The number of hydrogen-bond acceptors (Lipinski definition) is 2. The molecule has 0 aliphatic carbocycles. The third-order valence-corrected chi connectivity index (χ3v) is 3.94. The van der Waals surface area contributed by atoms with E-state index in [1.165, 1.54) is 51.4 Å². The van der Waals surface area contributed by atoms with Crippen LogP contribution in [0.25, 0.3) is 0 Å². The van der Waals surface area contributed by atoms with Crippen molar-refractivity contribution in [2.75, 3.05) is 6.61 Å². The van der Waals surface area contributed by atoms with Gasteiger partial charge in [-0.1, -0.05) is 80.6 Å². The Morgan fingerprint density at radius 2 is 1.44 bits per heavy atom. The summed E-state index contributed by atoms with van der Waals surface area (Å²) in [5.74, 6) is -0.114. The number of carbonyl (C=O) groups excluding carboxylic acids is 1. The highest BCUT2D eigenvalue weighted by Crippen LogP contribution is 2.15. The Morgan fingerprint density at radius 1 is 0.944 bits per heavy atom. The van der Waals surface area contributed by atoms with Crippen LogP contribution < -0.4 is 0 Å². The summed E-state index contributed by atoms with van der Waals surface area (Å²) in [6.45, 7) is 4.56. The van der Waals surface area contributed by atoms with Gasteiger partial charge in [-0.15, -0.1) is 0 Å². The number of esters is 1. The van der Waals surface area contributed by atoms with E-state index in [9.17, 15) is 4.79 Å². The summed E-state index contributed by atoms with van der Waals surface area (Å²) in [5.41, 5.74) is 0. The van der Waals surface area contributed by atoms with Crippen molar-refractivity contribution in [2.45, 2.75) is 82.9 Å². The third kappa shape index (κ3) is 11.1. The maximum atomic E-state index is 11.3. The second-order valence-electron chi connectivity index (χ2n) is 4.84. The molecule has 0 aromatic carbocycles.